The van der Waals surface area contributed by atoms with Crippen LogP contribution in [-0.4, -0.2) is 28.5 Å². The SMILES string of the molecule is O=C(Cn1ccnc1)C1CCCOC1. The number of hydrogen-bond donors (Lipinski definition) is 0. The Balaban J connectivity index is 1.88. The molecule has 4 nitrogen and oxygen atoms in total. The van der Waals surface area contributed by atoms with Gasteiger partial charge < -0.3 is 9.30 Å². The molecule has 1 saturated heterocycles. The third kappa shape index (κ3) is 2.20. The summed E-state index contributed by atoms with van der Waals surface area (Å²) in [6.07, 6.45) is 7.13. The molecule has 0 amide bonds. The van der Waals surface area contributed by atoms with Gasteiger partial charge in [-0.15, -0.1) is 0 Å². The van der Waals surface area contributed by atoms with E-state index in [-0.39, 0.29) is 11.7 Å². The molecule has 0 N–H and O–H groups in total. The number of hydrogen-bond acceptors (Lipinski definition) is 3. The topological polar surface area (TPSA) is 44.1 Å². The van der Waals surface area contributed by atoms with E-state index in [4.69, 9.17) is 4.74 Å². The van der Waals surface area contributed by atoms with Crippen LogP contribution in [0.3, 0.4) is 0 Å². The molecule has 1 aromatic rings. The Hall–Kier alpha value is -1.16. The van der Waals surface area contributed by atoms with E-state index in [2.05, 4.69) is 4.98 Å². The van der Waals surface area contributed by atoms with Crippen LogP contribution in [0, 0.1) is 5.92 Å². The Bertz CT molecular complexity index is 289. The lowest BCUT2D eigenvalue weighted by Crippen LogP contribution is -2.27. The van der Waals surface area contributed by atoms with Crippen LogP contribution < -0.4 is 0 Å². The van der Waals surface area contributed by atoms with Crippen molar-refractivity contribution in [3.05, 3.63) is 18.7 Å². The lowest BCUT2D eigenvalue weighted by Gasteiger charge is -2.20. The van der Waals surface area contributed by atoms with E-state index in [0.29, 0.717) is 13.2 Å². The molecule has 0 aromatic carbocycles. The van der Waals surface area contributed by atoms with Gasteiger partial charge in [0.05, 0.1) is 19.5 Å². The molecule has 0 aliphatic carbocycles. The molecule has 1 fully saturated rings. The van der Waals surface area contributed by atoms with Crippen LogP contribution in [0.4, 0.5) is 0 Å². The number of imidazole rings is 1. The Kier molecular flexibility index (Phi) is 2.93. The smallest absolute Gasteiger partial charge is 0.157 e. The Morgan fingerprint density at radius 2 is 2.57 bits per heavy atom. The molecule has 1 atom stereocenters. The molecule has 14 heavy (non-hydrogen) atoms. The molecule has 1 aliphatic rings. The van der Waals surface area contributed by atoms with Crippen LogP contribution >= 0.6 is 0 Å². The number of rotatable bonds is 3. The average molecular weight is 194 g/mol. The van der Waals surface area contributed by atoms with Gasteiger partial charge in [-0.2, -0.15) is 0 Å². The van der Waals surface area contributed by atoms with Gasteiger partial charge in [0.25, 0.3) is 0 Å². The predicted octanol–water partition coefficient (Wildman–Crippen LogP) is 0.879. The highest BCUT2D eigenvalue weighted by Gasteiger charge is 2.21. The van der Waals surface area contributed by atoms with E-state index in [1.165, 1.54) is 0 Å². The number of Topliss-reactive ketones (excluding diaryl/α,β-unsaturated/α-hetero) is 1. The number of nitrogens with zero attached hydrogens (tertiary/aromatic N) is 2. The average Bonchev–Trinajstić information content (AvgIpc) is 2.72. The highest BCUT2D eigenvalue weighted by atomic mass is 16.5. The van der Waals surface area contributed by atoms with E-state index >= 15 is 0 Å². The molecule has 76 valence electrons. The highest BCUT2D eigenvalue weighted by Crippen LogP contribution is 2.15. The molecule has 1 unspecified atom stereocenters. The number of ether oxygens (including phenoxy) is 1. The van der Waals surface area contributed by atoms with Crippen LogP contribution in [0.2, 0.25) is 0 Å². The summed E-state index contributed by atoms with van der Waals surface area (Å²) >= 11 is 0. The van der Waals surface area contributed by atoms with E-state index in [1.807, 2.05) is 6.20 Å². The Morgan fingerprint density at radius 1 is 1.64 bits per heavy atom. The van der Waals surface area contributed by atoms with Crippen molar-refractivity contribution in [2.24, 2.45) is 5.92 Å². The second-order valence-electron chi connectivity index (χ2n) is 3.62. The van der Waals surface area contributed by atoms with Crippen LogP contribution in [0.25, 0.3) is 0 Å². The first kappa shape index (κ1) is 9.40. The zero-order valence-electron chi connectivity index (χ0n) is 8.06. The standard InChI is InChI=1S/C10H14N2O2/c13-10(6-12-4-3-11-8-12)9-2-1-5-14-7-9/h3-4,8-9H,1-2,5-7H2. The molecule has 0 spiro atoms. The van der Waals surface area contributed by atoms with Crippen molar-refractivity contribution in [1.82, 2.24) is 9.55 Å². The van der Waals surface area contributed by atoms with Crippen LogP contribution in [-0.2, 0) is 16.1 Å². The van der Waals surface area contributed by atoms with Gasteiger partial charge in [-0.1, -0.05) is 0 Å². The fourth-order valence-electron chi connectivity index (χ4n) is 1.68. The molecule has 1 aliphatic heterocycles. The molecule has 4 heteroatoms. The van der Waals surface area contributed by atoms with Crippen molar-refractivity contribution >= 4 is 5.78 Å². The minimum absolute atomic E-state index is 0.0890. The highest BCUT2D eigenvalue weighted by molar-refractivity contribution is 5.81. The lowest BCUT2D eigenvalue weighted by atomic mass is 9.97. The predicted molar refractivity (Wildman–Crippen MR) is 50.8 cm³/mol. The molecule has 0 radical (unpaired) electrons. The lowest BCUT2D eigenvalue weighted by molar-refractivity contribution is -0.127. The first-order valence-corrected chi connectivity index (χ1v) is 4.92. The number of aromatic nitrogens is 2. The molecule has 0 bridgehead atoms. The van der Waals surface area contributed by atoms with Gasteiger partial charge >= 0.3 is 0 Å². The quantitative estimate of drug-likeness (QED) is 0.717. The van der Waals surface area contributed by atoms with Crippen molar-refractivity contribution in [3.63, 3.8) is 0 Å². The van der Waals surface area contributed by atoms with Crippen molar-refractivity contribution in [3.8, 4) is 0 Å². The molecule has 2 heterocycles. The molecule has 0 saturated carbocycles. The molecular formula is C10H14N2O2. The van der Waals surface area contributed by atoms with E-state index < -0.39 is 0 Å². The normalized spacial score (nSPS) is 22.1. The monoisotopic (exact) mass is 194 g/mol. The first-order valence-electron chi connectivity index (χ1n) is 4.92. The fourth-order valence-corrected chi connectivity index (χ4v) is 1.68. The van der Waals surface area contributed by atoms with Crippen LogP contribution in [0.15, 0.2) is 18.7 Å². The van der Waals surface area contributed by atoms with E-state index in [1.54, 1.807) is 17.1 Å². The van der Waals surface area contributed by atoms with Gasteiger partial charge in [-0.25, -0.2) is 4.98 Å². The van der Waals surface area contributed by atoms with Crippen LogP contribution in [0.5, 0.6) is 0 Å². The second-order valence-corrected chi connectivity index (χ2v) is 3.62. The number of carbonyl (C=O) groups excluding carboxylic acids is 1. The first-order chi connectivity index (χ1) is 6.86. The Labute approximate surface area is 82.9 Å². The third-order valence-corrected chi connectivity index (χ3v) is 2.51. The van der Waals surface area contributed by atoms with Gasteiger partial charge in [0.1, 0.15) is 0 Å². The summed E-state index contributed by atoms with van der Waals surface area (Å²) in [5.41, 5.74) is 0. The number of ketones is 1. The summed E-state index contributed by atoms with van der Waals surface area (Å²) in [6, 6.07) is 0. The summed E-state index contributed by atoms with van der Waals surface area (Å²) < 4.78 is 7.08. The maximum Gasteiger partial charge on any atom is 0.157 e. The summed E-state index contributed by atoms with van der Waals surface area (Å²) in [7, 11) is 0. The zero-order valence-corrected chi connectivity index (χ0v) is 8.06. The summed E-state index contributed by atoms with van der Waals surface area (Å²) in [5.74, 6) is 0.342. The maximum atomic E-state index is 11.7. The molecular weight excluding hydrogens is 180 g/mol. The van der Waals surface area contributed by atoms with E-state index in [9.17, 15) is 4.79 Å². The minimum atomic E-state index is 0.0890. The van der Waals surface area contributed by atoms with Gasteiger partial charge in [0.15, 0.2) is 5.78 Å². The van der Waals surface area contributed by atoms with Crippen LogP contribution in [0.1, 0.15) is 12.8 Å². The van der Waals surface area contributed by atoms with Gasteiger partial charge in [-0.3, -0.25) is 4.79 Å². The summed E-state index contributed by atoms with van der Waals surface area (Å²) in [4.78, 5) is 15.6. The molecule has 2 rings (SSSR count). The van der Waals surface area contributed by atoms with Crippen molar-refractivity contribution < 1.29 is 9.53 Å². The van der Waals surface area contributed by atoms with Gasteiger partial charge in [0, 0.05) is 24.9 Å². The second kappa shape index (κ2) is 4.37. The van der Waals surface area contributed by atoms with Crippen molar-refractivity contribution in [1.29, 1.82) is 0 Å². The fraction of sp³-hybridized carbons (Fsp3) is 0.600. The Morgan fingerprint density at radius 3 is 3.21 bits per heavy atom. The largest absolute Gasteiger partial charge is 0.381 e. The summed E-state index contributed by atoms with van der Waals surface area (Å²) in [5, 5.41) is 0. The third-order valence-electron chi connectivity index (χ3n) is 2.51. The molecule has 1 aromatic heterocycles. The number of carbonyl (C=O) groups is 1. The van der Waals surface area contributed by atoms with Gasteiger partial charge in [-0.05, 0) is 12.8 Å². The van der Waals surface area contributed by atoms with E-state index in [0.717, 1.165) is 19.4 Å². The van der Waals surface area contributed by atoms with Crippen molar-refractivity contribution in [2.75, 3.05) is 13.2 Å². The zero-order chi connectivity index (χ0) is 9.80. The minimum Gasteiger partial charge on any atom is -0.381 e. The maximum absolute atomic E-state index is 11.7. The van der Waals surface area contributed by atoms with Gasteiger partial charge in [0.2, 0.25) is 0 Å². The summed E-state index contributed by atoms with van der Waals surface area (Å²) in [6.45, 7) is 1.82. The van der Waals surface area contributed by atoms with Crippen molar-refractivity contribution in [2.45, 2.75) is 19.4 Å².